The van der Waals surface area contributed by atoms with E-state index < -0.39 is 11.4 Å². The summed E-state index contributed by atoms with van der Waals surface area (Å²) >= 11 is 0.925. The van der Waals surface area contributed by atoms with Gasteiger partial charge in [-0.15, -0.1) is 15.6 Å². The third-order valence-electron chi connectivity index (χ3n) is 6.36. The van der Waals surface area contributed by atoms with Gasteiger partial charge in [0, 0.05) is 65.6 Å². The van der Waals surface area contributed by atoms with Crippen LogP contribution in [0, 0.1) is 0 Å². The Morgan fingerprint density at radius 1 is 1.18 bits per heavy atom. The molecule has 2 aliphatic rings. The highest BCUT2D eigenvalue weighted by atomic mass is 32.2. The number of hydrogen-bond acceptors (Lipinski definition) is 8. The number of benzene rings is 1. The Balaban J connectivity index is 1.61. The van der Waals surface area contributed by atoms with Crippen molar-refractivity contribution in [2.45, 2.75) is 19.4 Å². The van der Waals surface area contributed by atoms with E-state index in [0.717, 1.165) is 88.1 Å². The van der Waals surface area contributed by atoms with Gasteiger partial charge in [-0.3, -0.25) is 0 Å². The fraction of sp³-hybridized carbons (Fsp3) is 0.458. The predicted molar refractivity (Wildman–Crippen MR) is 138 cm³/mol. The van der Waals surface area contributed by atoms with Gasteiger partial charge in [-0.1, -0.05) is 12.1 Å². The Morgan fingerprint density at radius 3 is 2.82 bits per heavy atom. The van der Waals surface area contributed by atoms with Crippen LogP contribution in [0.5, 0.6) is 0 Å². The monoisotopic (exact) mass is 485 g/mol. The standard InChI is InChI=1S/C24H31N5O2S2/c1-33(30)29-8-3-6-19-20-15-21(17-4-2-5-18(25)14-17)27-24(28-10-12-31-13-11-28)23(20)32-22(19)16-26-7-9-29/h2,4-5,14-15,26H,3,6-13,16,25H2,1H3. The fourth-order valence-electron chi connectivity index (χ4n) is 4.64. The number of hydrogen-bond donors (Lipinski definition) is 2. The van der Waals surface area contributed by atoms with E-state index in [1.54, 1.807) is 6.26 Å². The van der Waals surface area contributed by atoms with Crippen LogP contribution >= 0.6 is 11.3 Å². The van der Waals surface area contributed by atoms with Crippen molar-refractivity contribution >= 4 is 44.3 Å². The van der Waals surface area contributed by atoms with E-state index >= 15 is 0 Å². The number of fused-ring (bicyclic) bond motifs is 3. The number of nitrogens with zero attached hydrogens (tertiary/aromatic N) is 3. The second kappa shape index (κ2) is 10.2. The molecule has 1 saturated heterocycles. The number of thiophene rings is 1. The lowest BCUT2D eigenvalue weighted by molar-refractivity contribution is 0.122. The van der Waals surface area contributed by atoms with E-state index in [1.165, 1.54) is 20.5 Å². The molecular formula is C24H31N5O2S2. The number of aromatic nitrogens is 1. The van der Waals surface area contributed by atoms with Crippen molar-refractivity contribution < 1.29 is 9.29 Å². The highest BCUT2D eigenvalue weighted by molar-refractivity contribution is 7.88. The number of anilines is 2. The first-order valence-electron chi connectivity index (χ1n) is 11.5. The van der Waals surface area contributed by atoms with Crippen LogP contribution in [0.15, 0.2) is 30.3 Å². The summed E-state index contributed by atoms with van der Waals surface area (Å²) in [7, 11) is 0. The Bertz CT molecular complexity index is 1110. The van der Waals surface area contributed by atoms with E-state index in [-0.39, 0.29) is 0 Å². The summed E-state index contributed by atoms with van der Waals surface area (Å²) in [5, 5.41) is 4.86. The second-order valence-electron chi connectivity index (χ2n) is 8.57. The minimum Gasteiger partial charge on any atom is -0.598 e. The summed E-state index contributed by atoms with van der Waals surface area (Å²) in [5.74, 6) is 1.05. The van der Waals surface area contributed by atoms with Crippen LogP contribution in [-0.2, 0) is 29.1 Å². The molecule has 1 atom stereocenters. The van der Waals surface area contributed by atoms with Gasteiger partial charge >= 0.3 is 0 Å². The summed E-state index contributed by atoms with van der Waals surface area (Å²) in [6, 6.07) is 10.2. The van der Waals surface area contributed by atoms with Crippen molar-refractivity contribution in [1.29, 1.82) is 0 Å². The number of pyridine rings is 1. The molecule has 2 aliphatic heterocycles. The molecule has 1 aromatic carbocycles. The van der Waals surface area contributed by atoms with E-state index in [2.05, 4.69) is 26.7 Å². The average molecular weight is 486 g/mol. The molecule has 0 amide bonds. The van der Waals surface area contributed by atoms with E-state index in [9.17, 15) is 4.55 Å². The van der Waals surface area contributed by atoms with E-state index in [4.69, 9.17) is 15.5 Å². The van der Waals surface area contributed by atoms with Crippen LogP contribution in [0.2, 0.25) is 0 Å². The Labute approximate surface area is 202 Å². The SMILES string of the molecule is C[S+]([O-])N1CCCc2c(sc3c(N4CCOCC4)nc(-c4cccc(N)c4)cc23)CNCC1. The predicted octanol–water partition coefficient (Wildman–Crippen LogP) is 3.01. The molecule has 4 heterocycles. The lowest BCUT2D eigenvalue weighted by Crippen LogP contribution is -2.37. The average Bonchev–Trinajstić information content (AvgIpc) is 3.18. The summed E-state index contributed by atoms with van der Waals surface area (Å²) in [4.78, 5) is 8.90. The maximum Gasteiger partial charge on any atom is 0.147 e. The van der Waals surface area contributed by atoms with E-state index in [1.807, 2.05) is 29.5 Å². The molecular weight excluding hydrogens is 454 g/mol. The molecule has 0 radical (unpaired) electrons. The third-order valence-corrected chi connectivity index (χ3v) is 8.69. The lowest BCUT2D eigenvalue weighted by atomic mass is 10.0. The molecule has 0 spiro atoms. The number of rotatable bonds is 3. The van der Waals surface area contributed by atoms with Gasteiger partial charge in [0.15, 0.2) is 0 Å². The molecule has 0 aliphatic carbocycles. The van der Waals surface area contributed by atoms with Gasteiger partial charge < -0.3 is 25.2 Å². The summed E-state index contributed by atoms with van der Waals surface area (Å²) in [6.07, 6.45) is 3.73. The molecule has 2 aromatic heterocycles. The van der Waals surface area contributed by atoms with Crippen molar-refractivity contribution in [2.75, 3.05) is 62.8 Å². The van der Waals surface area contributed by atoms with Gasteiger partial charge in [0.25, 0.3) is 0 Å². The normalized spacial score (nSPS) is 19.4. The Morgan fingerprint density at radius 2 is 2.03 bits per heavy atom. The smallest absolute Gasteiger partial charge is 0.147 e. The quantitative estimate of drug-likeness (QED) is 0.435. The van der Waals surface area contributed by atoms with Gasteiger partial charge in [-0.2, -0.15) is 0 Å². The Kier molecular flexibility index (Phi) is 7.05. The molecule has 1 fully saturated rings. The number of nitrogen functional groups attached to an aromatic ring is 1. The lowest BCUT2D eigenvalue weighted by Gasteiger charge is -2.28. The van der Waals surface area contributed by atoms with Crippen LogP contribution in [0.3, 0.4) is 0 Å². The van der Waals surface area contributed by atoms with Gasteiger partial charge in [0.2, 0.25) is 0 Å². The summed E-state index contributed by atoms with van der Waals surface area (Å²) < 4.78 is 21.0. The minimum absolute atomic E-state index is 0.725. The zero-order valence-electron chi connectivity index (χ0n) is 19.0. The van der Waals surface area contributed by atoms with Gasteiger partial charge in [-0.05, 0) is 36.6 Å². The topological polar surface area (TPSA) is 89.7 Å². The minimum atomic E-state index is -0.942. The number of aryl methyl sites for hydroxylation is 1. The van der Waals surface area contributed by atoms with Crippen molar-refractivity contribution in [3.05, 3.63) is 40.8 Å². The number of nitrogens with one attached hydrogen (secondary N) is 1. The molecule has 176 valence electrons. The number of ether oxygens (including phenoxy) is 1. The molecule has 33 heavy (non-hydrogen) atoms. The second-order valence-corrected chi connectivity index (χ2v) is 11.0. The van der Waals surface area contributed by atoms with Crippen LogP contribution < -0.4 is 16.0 Å². The molecule has 3 N–H and O–H groups in total. The van der Waals surface area contributed by atoms with Gasteiger partial charge in [-0.25, -0.2) is 4.98 Å². The fourth-order valence-corrected chi connectivity index (χ4v) is 6.69. The van der Waals surface area contributed by atoms with Crippen molar-refractivity contribution in [3.8, 4) is 11.3 Å². The molecule has 0 bridgehead atoms. The molecule has 7 nitrogen and oxygen atoms in total. The maximum atomic E-state index is 12.1. The summed E-state index contributed by atoms with van der Waals surface area (Å²) in [5.41, 5.74) is 10.2. The van der Waals surface area contributed by atoms with Crippen molar-refractivity contribution in [3.63, 3.8) is 0 Å². The first kappa shape index (κ1) is 22.9. The number of nitrogens with two attached hydrogens (primary N) is 1. The molecule has 5 rings (SSSR count). The van der Waals surface area contributed by atoms with Crippen LogP contribution in [0.25, 0.3) is 21.3 Å². The third kappa shape index (κ3) is 4.99. The van der Waals surface area contributed by atoms with E-state index in [0.29, 0.717) is 0 Å². The zero-order chi connectivity index (χ0) is 22.8. The molecule has 1 unspecified atom stereocenters. The van der Waals surface area contributed by atoms with Gasteiger partial charge in [0.1, 0.15) is 12.1 Å². The summed E-state index contributed by atoms with van der Waals surface area (Å²) in [6.45, 7) is 6.45. The van der Waals surface area contributed by atoms with Crippen LogP contribution in [0.1, 0.15) is 16.9 Å². The highest BCUT2D eigenvalue weighted by Crippen LogP contribution is 2.40. The maximum absolute atomic E-state index is 12.1. The zero-order valence-corrected chi connectivity index (χ0v) is 20.6. The Hall–Kier alpha value is -1.88. The van der Waals surface area contributed by atoms with Crippen LogP contribution in [-0.4, -0.2) is 66.0 Å². The van der Waals surface area contributed by atoms with Crippen molar-refractivity contribution in [2.24, 2.45) is 0 Å². The van der Waals surface area contributed by atoms with Crippen molar-refractivity contribution in [1.82, 2.24) is 14.6 Å². The van der Waals surface area contributed by atoms with Crippen LogP contribution in [0.4, 0.5) is 11.5 Å². The molecule has 9 heteroatoms. The first-order valence-corrected chi connectivity index (χ1v) is 13.9. The number of morpholine rings is 1. The molecule has 3 aromatic rings. The van der Waals surface area contributed by atoms with Gasteiger partial charge in [0.05, 0.1) is 30.2 Å². The highest BCUT2D eigenvalue weighted by Gasteiger charge is 2.24. The largest absolute Gasteiger partial charge is 0.598 e. The molecule has 0 saturated carbocycles. The first-order chi connectivity index (χ1) is 16.1.